The number of amides is 1. The van der Waals surface area contributed by atoms with Crippen LogP contribution in [0.3, 0.4) is 0 Å². The van der Waals surface area contributed by atoms with Gasteiger partial charge in [-0.25, -0.2) is 9.36 Å². The molecule has 35 heavy (non-hydrogen) atoms. The molecule has 0 radical (unpaired) electrons. The lowest BCUT2D eigenvalue weighted by Gasteiger charge is -2.33. The first-order valence-electron chi connectivity index (χ1n) is 10.8. The summed E-state index contributed by atoms with van der Waals surface area (Å²) in [5.41, 5.74) is 2.27. The molecule has 11 heteroatoms. The first-order chi connectivity index (χ1) is 16.8. The Balaban J connectivity index is 1.31. The number of halogens is 4. The Hall–Kier alpha value is -3.79. The summed E-state index contributed by atoms with van der Waals surface area (Å²) in [4.78, 5) is 12.7. The predicted molar refractivity (Wildman–Crippen MR) is 124 cm³/mol. The smallest absolute Gasteiger partial charge is 0.363 e. The van der Waals surface area contributed by atoms with Gasteiger partial charge in [-0.15, -0.1) is 0 Å². The molecule has 2 N–H and O–H groups in total. The third-order valence-corrected chi connectivity index (χ3v) is 6.11. The van der Waals surface area contributed by atoms with Gasteiger partial charge in [0.15, 0.2) is 11.7 Å². The fraction of sp³-hybridized carbons (Fsp3) is 0.208. The van der Waals surface area contributed by atoms with Crippen LogP contribution in [0.4, 0.5) is 19.0 Å². The van der Waals surface area contributed by atoms with Crippen LogP contribution in [-0.2, 0) is 6.54 Å². The van der Waals surface area contributed by atoms with Gasteiger partial charge >= 0.3 is 6.18 Å². The first-order valence-corrected chi connectivity index (χ1v) is 11.2. The molecule has 0 saturated carbocycles. The quantitative estimate of drug-likeness (QED) is 0.389. The average Bonchev–Trinajstić information content (AvgIpc) is 3.52. The van der Waals surface area contributed by atoms with E-state index >= 15 is 0 Å². The second kappa shape index (κ2) is 9.10. The molecule has 0 fully saturated rings. The van der Waals surface area contributed by atoms with Crippen LogP contribution in [0.2, 0.25) is 5.02 Å². The minimum absolute atomic E-state index is 0.0910. The predicted octanol–water partition coefficient (Wildman–Crippen LogP) is 5.31. The number of nitrogens with zero attached hydrogens (tertiary/aromatic N) is 4. The van der Waals surface area contributed by atoms with Crippen molar-refractivity contribution in [3.05, 3.63) is 94.9 Å². The van der Waals surface area contributed by atoms with E-state index in [1.807, 2.05) is 36.5 Å². The second-order valence-corrected chi connectivity index (χ2v) is 8.64. The number of aromatic nitrogens is 4. The van der Waals surface area contributed by atoms with Crippen LogP contribution in [0, 0.1) is 0 Å². The van der Waals surface area contributed by atoms with Crippen molar-refractivity contribution in [1.29, 1.82) is 0 Å². The molecule has 5 rings (SSSR count). The number of rotatable bonds is 5. The van der Waals surface area contributed by atoms with E-state index in [-0.39, 0.29) is 24.5 Å². The number of anilines is 1. The maximum absolute atomic E-state index is 13.9. The van der Waals surface area contributed by atoms with Crippen LogP contribution in [-0.4, -0.2) is 31.6 Å². The molecule has 1 aliphatic heterocycles. The number of fused-ring (bicyclic) bond motifs is 1. The topological polar surface area (TPSA) is 76.8 Å². The van der Waals surface area contributed by atoms with E-state index in [0.29, 0.717) is 10.6 Å². The molecule has 3 heterocycles. The van der Waals surface area contributed by atoms with Crippen molar-refractivity contribution < 1.29 is 18.0 Å². The zero-order valence-electron chi connectivity index (χ0n) is 18.2. The van der Waals surface area contributed by atoms with Crippen molar-refractivity contribution in [2.45, 2.75) is 31.2 Å². The molecule has 180 valence electrons. The molecule has 1 aliphatic rings. The van der Waals surface area contributed by atoms with Crippen LogP contribution in [0.5, 0.6) is 0 Å². The van der Waals surface area contributed by atoms with Gasteiger partial charge in [0.25, 0.3) is 5.91 Å². The highest BCUT2D eigenvalue weighted by molar-refractivity contribution is 6.30. The number of hydrogen-bond acceptors (Lipinski definition) is 4. The van der Waals surface area contributed by atoms with Gasteiger partial charge in [0.05, 0.1) is 11.7 Å². The Morgan fingerprint density at radius 3 is 2.54 bits per heavy atom. The molecule has 0 aliphatic carbocycles. The van der Waals surface area contributed by atoms with Crippen molar-refractivity contribution in [2.75, 3.05) is 5.32 Å². The number of nitrogens with one attached hydrogen (secondary N) is 2. The summed E-state index contributed by atoms with van der Waals surface area (Å²) in [6.45, 7) is 0.198. The van der Waals surface area contributed by atoms with Gasteiger partial charge in [0, 0.05) is 36.4 Å². The molecule has 2 aromatic carbocycles. The average molecular weight is 501 g/mol. The monoisotopic (exact) mass is 500 g/mol. The third kappa shape index (κ3) is 4.88. The Morgan fingerprint density at radius 2 is 1.89 bits per heavy atom. The van der Waals surface area contributed by atoms with E-state index in [4.69, 9.17) is 11.6 Å². The molecular weight excluding hydrogens is 481 g/mol. The lowest BCUT2D eigenvalue weighted by Crippen LogP contribution is -2.35. The van der Waals surface area contributed by atoms with Crippen LogP contribution in [0.15, 0.2) is 73.1 Å². The Labute approximate surface area is 203 Å². The summed E-state index contributed by atoms with van der Waals surface area (Å²) in [6.07, 6.45) is -1.30. The van der Waals surface area contributed by atoms with E-state index < -0.39 is 24.2 Å². The van der Waals surface area contributed by atoms with Gasteiger partial charge in [-0.1, -0.05) is 35.9 Å². The highest BCUT2D eigenvalue weighted by Crippen LogP contribution is 2.43. The fourth-order valence-corrected chi connectivity index (χ4v) is 4.19. The van der Waals surface area contributed by atoms with Crippen molar-refractivity contribution >= 4 is 23.3 Å². The molecule has 1 amide bonds. The summed E-state index contributed by atoms with van der Waals surface area (Å²) >= 11 is 5.91. The number of carbonyl (C=O) groups excluding carboxylic acids is 1. The minimum atomic E-state index is -4.53. The van der Waals surface area contributed by atoms with Crippen molar-refractivity contribution in [1.82, 2.24) is 24.9 Å². The fourth-order valence-electron chi connectivity index (χ4n) is 4.06. The maximum atomic E-state index is 13.9. The molecule has 2 atom stereocenters. The molecule has 7 nitrogen and oxygen atoms in total. The number of hydrogen-bond donors (Lipinski definition) is 2. The zero-order chi connectivity index (χ0) is 24.6. The zero-order valence-corrected chi connectivity index (χ0v) is 19.0. The molecule has 4 aromatic rings. The molecular formula is C24H20ClF3N6O. The highest BCUT2D eigenvalue weighted by Gasteiger charge is 2.46. The lowest BCUT2D eigenvalue weighted by molar-refractivity contribution is -0.173. The molecule has 0 spiro atoms. The molecule has 2 aromatic heterocycles. The summed E-state index contributed by atoms with van der Waals surface area (Å²) in [6, 6.07) is 14.7. The summed E-state index contributed by atoms with van der Waals surface area (Å²) in [5.74, 6) is -0.430. The first kappa shape index (κ1) is 23.0. The van der Waals surface area contributed by atoms with Gasteiger partial charge in [-0.05, 0) is 41.5 Å². The van der Waals surface area contributed by atoms with Gasteiger partial charge in [0.1, 0.15) is 5.82 Å². The van der Waals surface area contributed by atoms with Crippen LogP contribution in [0.25, 0.3) is 5.69 Å². The van der Waals surface area contributed by atoms with Crippen molar-refractivity contribution in [3.63, 3.8) is 0 Å². The summed E-state index contributed by atoms with van der Waals surface area (Å²) < 4.78 is 44.2. The Bertz CT molecular complexity index is 1320. The van der Waals surface area contributed by atoms with E-state index in [9.17, 15) is 18.0 Å². The Morgan fingerprint density at radius 1 is 1.14 bits per heavy atom. The van der Waals surface area contributed by atoms with Crippen molar-refractivity contribution in [2.24, 2.45) is 0 Å². The third-order valence-electron chi connectivity index (χ3n) is 5.85. The number of carbonyl (C=O) groups is 1. The standard InChI is InChI=1S/C24H20ClF3N6O/c25-17-6-4-16(5-7-17)19-12-21(24(26,27)28)34-22(31-19)13-20(32-34)23(35)29-14-15-2-8-18(9-3-15)33-11-1-10-30-33/h1-11,13,19,21,31H,12,14H2,(H,29,35)/t19-,21+/m1/s1. The normalized spacial score (nSPS) is 17.5. The number of alkyl halides is 3. The van der Waals surface area contributed by atoms with Gasteiger partial charge in [-0.2, -0.15) is 23.4 Å². The lowest BCUT2D eigenvalue weighted by atomic mass is 9.97. The summed E-state index contributed by atoms with van der Waals surface area (Å²) in [5, 5.41) is 14.4. The van der Waals surface area contributed by atoms with Crippen LogP contribution >= 0.6 is 11.6 Å². The van der Waals surface area contributed by atoms with Gasteiger partial charge in [-0.3, -0.25) is 4.79 Å². The minimum Gasteiger partial charge on any atom is -0.363 e. The summed E-state index contributed by atoms with van der Waals surface area (Å²) in [7, 11) is 0. The molecule has 0 bridgehead atoms. The van der Waals surface area contributed by atoms with Gasteiger partial charge in [0.2, 0.25) is 0 Å². The van der Waals surface area contributed by atoms with E-state index in [2.05, 4.69) is 20.8 Å². The SMILES string of the molecule is O=C(NCc1ccc(-n2cccn2)cc1)c1cc2n(n1)[C@H](C(F)(F)F)C[C@H](c1ccc(Cl)cc1)N2. The number of benzene rings is 2. The second-order valence-electron chi connectivity index (χ2n) is 8.20. The van der Waals surface area contributed by atoms with Crippen LogP contribution < -0.4 is 10.6 Å². The van der Waals surface area contributed by atoms with Crippen molar-refractivity contribution in [3.8, 4) is 5.69 Å². The largest absolute Gasteiger partial charge is 0.410 e. The molecule has 0 unspecified atom stereocenters. The van der Waals surface area contributed by atoms with E-state index in [0.717, 1.165) is 15.9 Å². The Kier molecular flexibility index (Phi) is 5.98. The van der Waals surface area contributed by atoms with Gasteiger partial charge < -0.3 is 10.6 Å². The van der Waals surface area contributed by atoms with Crippen LogP contribution in [0.1, 0.15) is 40.1 Å². The maximum Gasteiger partial charge on any atom is 0.410 e. The van der Waals surface area contributed by atoms with E-state index in [1.54, 1.807) is 35.1 Å². The highest BCUT2D eigenvalue weighted by atomic mass is 35.5. The van der Waals surface area contributed by atoms with E-state index in [1.165, 1.54) is 6.07 Å². The molecule has 0 saturated heterocycles.